The summed E-state index contributed by atoms with van der Waals surface area (Å²) in [6.07, 6.45) is 0. The van der Waals surface area contributed by atoms with Gasteiger partial charge in [0.2, 0.25) is 0 Å². The average molecular weight is 520 g/mol. The highest BCUT2D eigenvalue weighted by Crippen LogP contribution is 2.58. The number of hydrogen-bond donors (Lipinski definition) is 0. The molecule has 0 saturated carbocycles. The fourth-order valence-corrected chi connectivity index (χ4v) is 7.19. The third kappa shape index (κ3) is 3.22. The third-order valence-electron chi connectivity index (χ3n) is 8.76. The number of rotatable bonds is 3. The van der Waals surface area contributed by atoms with Crippen LogP contribution in [0.3, 0.4) is 0 Å². The Morgan fingerprint density at radius 3 is 1.71 bits per heavy atom. The number of fused-ring (bicyclic) bond motifs is 4. The van der Waals surface area contributed by atoms with Crippen molar-refractivity contribution in [3.05, 3.63) is 179 Å². The van der Waals surface area contributed by atoms with Gasteiger partial charge < -0.3 is 0 Å². The molecule has 1 aliphatic rings. The van der Waals surface area contributed by atoms with Gasteiger partial charge in [-0.3, -0.25) is 0 Å². The zero-order chi connectivity index (χ0) is 27.4. The largest absolute Gasteiger partial charge is 0.192 e. The Kier molecular flexibility index (Phi) is 5.17. The molecule has 1 nitrogen and oxygen atoms in total. The SMILES string of the molecule is N#Cc1ccc(-c2c3ccccc3c3c4c(cccc24)-c2ccccc2C3(c2ccccc2)c2ccccc2)cc1. The van der Waals surface area contributed by atoms with Gasteiger partial charge in [0.15, 0.2) is 0 Å². The lowest BCUT2D eigenvalue weighted by molar-refractivity contribution is 0.757. The Balaban J connectivity index is 1.66. The molecule has 0 bridgehead atoms. The quantitative estimate of drug-likeness (QED) is 0.213. The standard InChI is InChI=1S/C40H25N/c41-26-27-22-24-28(25-23-27)37-33-17-7-8-18-34(33)39-38-32(19-11-20-35(37)38)31-16-9-10-21-36(31)40(39,29-12-3-1-4-13-29)30-14-5-2-6-15-30/h1-25H. The Bertz CT molecular complexity index is 2090. The predicted molar refractivity (Wildman–Crippen MR) is 169 cm³/mol. The van der Waals surface area contributed by atoms with Crippen molar-refractivity contribution in [1.29, 1.82) is 5.26 Å². The van der Waals surface area contributed by atoms with Crippen molar-refractivity contribution >= 4 is 21.5 Å². The molecule has 0 atom stereocenters. The van der Waals surface area contributed by atoms with Gasteiger partial charge in [-0.25, -0.2) is 0 Å². The van der Waals surface area contributed by atoms with Gasteiger partial charge in [-0.05, 0) is 78.2 Å². The minimum atomic E-state index is -0.519. The molecule has 0 fully saturated rings. The molecule has 7 aromatic carbocycles. The molecule has 0 heterocycles. The first-order chi connectivity index (χ1) is 20.3. The monoisotopic (exact) mass is 519 g/mol. The molecular formula is C40H25N. The van der Waals surface area contributed by atoms with Gasteiger partial charge in [0, 0.05) is 0 Å². The topological polar surface area (TPSA) is 23.8 Å². The molecule has 41 heavy (non-hydrogen) atoms. The smallest absolute Gasteiger partial charge is 0.0991 e. The molecule has 1 heteroatoms. The van der Waals surface area contributed by atoms with E-state index < -0.39 is 5.41 Å². The van der Waals surface area contributed by atoms with Crippen LogP contribution in [0.5, 0.6) is 0 Å². The van der Waals surface area contributed by atoms with Gasteiger partial charge in [-0.15, -0.1) is 0 Å². The van der Waals surface area contributed by atoms with Crippen molar-refractivity contribution in [2.75, 3.05) is 0 Å². The number of hydrogen-bond acceptors (Lipinski definition) is 1. The van der Waals surface area contributed by atoms with Crippen molar-refractivity contribution in [1.82, 2.24) is 0 Å². The predicted octanol–water partition coefficient (Wildman–Crippen LogP) is 9.89. The van der Waals surface area contributed by atoms with Gasteiger partial charge in [0.05, 0.1) is 17.0 Å². The van der Waals surface area contributed by atoms with E-state index in [1.165, 1.54) is 60.5 Å². The fraction of sp³-hybridized carbons (Fsp3) is 0.0250. The lowest BCUT2D eigenvalue weighted by Gasteiger charge is -2.43. The highest BCUT2D eigenvalue weighted by molar-refractivity contribution is 6.21. The van der Waals surface area contributed by atoms with E-state index in [4.69, 9.17) is 0 Å². The van der Waals surface area contributed by atoms with Crippen LogP contribution in [0.15, 0.2) is 152 Å². The summed E-state index contributed by atoms with van der Waals surface area (Å²) in [6, 6.07) is 56.8. The summed E-state index contributed by atoms with van der Waals surface area (Å²) >= 11 is 0. The van der Waals surface area contributed by atoms with E-state index in [-0.39, 0.29) is 0 Å². The molecule has 1 aliphatic carbocycles. The van der Waals surface area contributed by atoms with E-state index in [0.29, 0.717) is 5.56 Å². The van der Waals surface area contributed by atoms with Crippen molar-refractivity contribution in [2.45, 2.75) is 5.41 Å². The van der Waals surface area contributed by atoms with Crippen molar-refractivity contribution in [2.24, 2.45) is 0 Å². The molecule has 0 spiro atoms. The molecular weight excluding hydrogens is 494 g/mol. The highest BCUT2D eigenvalue weighted by Gasteiger charge is 2.45. The van der Waals surface area contributed by atoms with E-state index in [2.05, 4.69) is 146 Å². The van der Waals surface area contributed by atoms with Crippen molar-refractivity contribution < 1.29 is 0 Å². The summed E-state index contributed by atoms with van der Waals surface area (Å²) < 4.78 is 0. The van der Waals surface area contributed by atoms with Crippen LogP contribution in [0.25, 0.3) is 43.8 Å². The van der Waals surface area contributed by atoms with E-state index in [9.17, 15) is 5.26 Å². The van der Waals surface area contributed by atoms with E-state index >= 15 is 0 Å². The average Bonchev–Trinajstić information content (AvgIpc) is 3.06. The normalized spacial score (nSPS) is 13.0. The lowest BCUT2D eigenvalue weighted by Crippen LogP contribution is -2.34. The number of benzene rings is 7. The zero-order valence-corrected chi connectivity index (χ0v) is 22.4. The summed E-state index contributed by atoms with van der Waals surface area (Å²) in [5.41, 5.74) is 10.1. The molecule has 0 unspecified atom stereocenters. The van der Waals surface area contributed by atoms with Gasteiger partial charge >= 0.3 is 0 Å². The first kappa shape index (κ1) is 23.4. The second kappa shape index (κ2) is 9.05. The lowest BCUT2D eigenvalue weighted by atomic mass is 9.58. The van der Waals surface area contributed by atoms with Gasteiger partial charge in [0.25, 0.3) is 0 Å². The maximum atomic E-state index is 9.47. The van der Waals surface area contributed by atoms with Crippen molar-refractivity contribution in [3.8, 4) is 28.3 Å². The first-order valence-electron chi connectivity index (χ1n) is 14.0. The minimum Gasteiger partial charge on any atom is -0.192 e. The van der Waals surface area contributed by atoms with Gasteiger partial charge in [-0.1, -0.05) is 140 Å². The summed E-state index contributed by atoms with van der Waals surface area (Å²) in [6.45, 7) is 0. The highest BCUT2D eigenvalue weighted by atomic mass is 14.5. The van der Waals surface area contributed by atoms with Crippen LogP contribution in [0.1, 0.15) is 27.8 Å². The minimum absolute atomic E-state index is 0.519. The molecule has 0 N–H and O–H groups in total. The Morgan fingerprint density at radius 1 is 0.463 bits per heavy atom. The number of nitriles is 1. The van der Waals surface area contributed by atoms with Gasteiger partial charge in [-0.2, -0.15) is 5.26 Å². The Hall–Kier alpha value is -5.45. The summed E-state index contributed by atoms with van der Waals surface area (Å²) in [5, 5.41) is 14.4. The Labute approximate surface area is 239 Å². The molecule has 0 aromatic heterocycles. The molecule has 0 aliphatic heterocycles. The molecule has 190 valence electrons. The van der Waals surface area contributed by atoms with Crippen LogP contribution in [0, 0.1) is 11.3 Å². The number of nitrogens with zero attached hydrogens (tertiary/aromatic N) is 1. The van der Waals surface area contributed by atoms with E-state index in [1.807, 2.05) is 12.1 Å². The molecule has 7 aromatic rings. The van der Waals surface area contributed by atoms with Crippen LogP contribution >= 0.6 is 0 Å². The summed E-state index contributed by atoms with van der Waals surface area (Å²) in [7, 11) is 0. The van der Waals surface area contributed by atoms with Gasteiger partial charge in [0.1, 0.15) is 0 Å². The summed E-state index contributed by atoms with van der Waals surface area (Å²) in [4.78, 5) is 0. The summed E-state index contributed by atoms with van der Waals surface area (Å²) in [5.74, 6) is 0. The van der Waals surface area contributed by atoms with Crippen LogP contribution in [-0.2, 0) is 5.41 Å². The molecule has 0 saturated heterocycles. The Morgan fingerprint density at radius 2 is 1.02 bits per heavy atom. The second-order valence-corrected chi connectivity index (χ2v) is 10.7. The third-order valence-corrected chi connectivity index (χ3v) is 8.76. The molecule has 0 amide bonds. The second-order valence-electron chi connectivity index (χ2n) is 10.7. The molecule has 0 radical (unpaired) electrons. The van der Waals surface area contributed by atoms with Crippen LogP contribution in [0.2, 0.25) is 0 Å². The first-order valence-corrected chi connectivity index (χ1v) is 14.0. The molecule has 8 rings (SSSR count). The van der Waals surface area contributed by atoms with Crippen molar-refractivity contribution in [3.63, 3.8) is 0 Å². The fourth-order valence-electron chi connectivity index (χ4n) is 7.19. The van der Waals surface area contributed by atoms with Crippen LogP contribution in [0.4, 0.5) is 0 Å². The van der Waals surface area contributed by atoms with E-state index in [0.717, 1.165) is 5.56 Å². The van der Waals surface area contributed by atoms with Crippen LogP contribution in [-0.4, -0.2) is 0 Å². The zero-order valence-electron chi connectivity index (χ0n) is 22.4. The maximum absolute atomic E-state index is 9.47. The maximum Gasteiger partial charge on any atom is 0.0991 e. The van der Waals surface area contributed by atoms with E-state index in [1.54, 1.807) is 0 Å². The van der Waals surface area contributed by atoms with Crippen LogP contribution < -0.4 is 0 Å².